The first-order chi connectivity index (χ1) is 20.3. The van der Waals surface area contributed by atoms with Crippen molar-refractivity contribution in [3.63, 3.8) is 0 Å². The van der Waals surface area contributed by atoms with Crippen LogP contribution in [0.3, 0.4) is 0 Å². The van der Waals surface area contributed by atoms with Gasteiger partial charge in [0.2, 0.25) is 0 Å². The lowest BCUT2D eigenvalue weighted by atomic mass is 10.1. The van der Waals surface area contributed by atoms with Crippen molar-refractivity contribution in [2.24, 2.45) is 0 Å². The maximum Gasteiger partial charge on any atom is 0.164 e. The second-order valence-electron chi connectivity index (χ2n) is 10.4. The number of nitrogens with zero attached hydrogens (tertiary/aromatic N) is 4. The van der Waals surface area contributed by atoms with E-state index in [9.17, 15) is 0 Å². The molecule has 0 aliphatic heterocycles. The third-order valence-electron chi connectivity index (χ3n) is 7.84. The van der Waals surface area contributed by atoms with Crippen molar-refractivity contribution in [1.82, 2.24) is 19.5 Å². The predicted molar refractivity (Wildman–Crippen MR) is 169 cm³/mol. The summed E-state index contributed by atoms with van der Waals surface area (Å²) in [5.41, 5.74) is 6.47. The minimum Gasteiger partial charge on any atom is -0.309 e. The van der Waals surface area contributed by atoms with E-state index in [0.717, 1.165) is 35.2 Å². The van der Waals surface area contributed by atoms with E-state index in [1.807, 2.05) is 30.3 Å². The van der Waals surface area contributed by atoms with Crippen LogP contribution in [0.1, 0.15) is 18.7 Å². The predicted octanol–water partition coefficient (Wildman–Crippen LogP) is 9.19. The third kappa shape index (κ3) is 4.12. The van der Waals surface area contributed by atoms with E-state index in [-0.39, 0.29) is 0 Å². The average molecular weight is 527 g/mol. The van der Waals surface area contributed by atoms with Crippen molar-refractivity contribution in [2.45, 2.75) is 12.8 Å². The first-order valence-corrected chi connectivity index (χ1v) is 14.0. The standard InChI is InChI=1S/C37H26N4/c1-3-11-25(12-4-1)35-38-36(26-13-5-2-6-14-26)40-37(39-35)27-19-21-30(22-20-27)41-33-18-10-9-17-31(33)32-23-28-15-7-8-16-29(28)24-34(32)41/h1,3-5,7-24H,2,6H2. The largest absolute Gasteiger partial charge is 0.309 e. The molecular weight excluding hydrogens is 500 g/mol. The summed E-state index contributed by atoms with van der Waals surface area (Å²) >= 11 is 0. The molecule has 2 aromatic heterocycles. The van der Waals surface area contributed by atoms with Crippen LogP contribution in [0.15, 0.2) is 133 Å². The van der Waals surface area contributed by atoms with Crippen LogP contribution in [-0.2, 0) is 0 Å². The number of aromatic nitrogens is 4. The van der Waals surface area contributed by atoms with Crippen molar-refractivity contribution in [3.05, 3.63) is 139 Å². The second-order valence-corrected chi connectivity index (χ2v) is 10.4. The maximum absolute atomic E-state index is 4.93. The summed E-state index contributed by atoms with van der Waals surface area (Å²) in [4.78, 5) is 14.7. The zero-order valence-electron chi connectivity index (χ0n) is 22.4. The molecule has 0 saturated heterocycles. The highest BCUT2D eigenvalue weighted by Gasteiger charge is 2.16. The summed E-state index contributed by atoms with van der Waals surface area (Å²) in [5.74, 6) is 2.07. The van der Waals surface area contributed by atoms with Crippen LogP contribution < -0.4 is 0 Å². The Bertz CT molecular complexity index is 2130. The Balaban J connectivity index is 1.27. The lowest BCUT2D eigenvalue weighted by Crippen LogP contribution is -2.03. The van der Waals surface area contributed by atoms with Crippen molar-refractivity contribution in [1.29, 1.82) is 0 Å². The molecule has 194 valence electrons. The molecule has 0 unspecified atom stereocenters. The quantitative estimate of drug-likeness (QED) is 0.230. The van der Waals surface area contributed by atoms with Gasteiger partial charge in [-0.25, -0.2) is 15.0 Å². The molecule has 0 bridgehead atoms. The van der Waals surface area contributed by atoms with Gasteiger partial charge in [-0.15, -0.1) is 0 Å². The zero-order chi connectivity index (χ0) is 27.2. The number of fused-ring (bicyclic) bond motifs is 4. The second kappa shape index (κ2) is 9.68. The summed E-state index contributed by atoms with van der Waals surface area (Å²) in [7, 11) is 0. The van der Waals surface area contributed by atoms with E-state index in [1.54, 1.807) is 0 Å². The Hall–Kier alpha value is -5.35. The van der Waals surface area contributed by atoms with Crippen LogP contribution in [0.5, 0.6) is 0 Å². The van der Waals surface area contributed by atoms with E-state index >= 15 is 0 Å². The van der Waals surface area contributed by atoms with Gasteiger partial charge in [-0.1, -0.05) is 91.0 Å². The molecule has 0 atom stereocenters. The molecule has 5 aromatic carbocycles. The molecule has 0 amide bonds. The minimum atomic E-state index is 0.675. The molecule has 8 rings (SSSR count). The maximum atomic E-state index is 4.93. The number of para-hydroxylation sites is 1. The number of rotatable bonds is 4. The van der Waals surface area contributed by atoms with Gasteiger partial charge in [0.1, 0.15) is 0 Å². The molecule has 41 heavy (non-hydrogen) atoms. The average Bonchev–Trinajstić information content (AvgIpc) is 3.37. The van der Waals surface area contributed by atoms with Crippen molar-refractivity contribution in [2.75, 3.05) is 0 Å². The van der Waals surface area contributed by atoms with E-state index in [2.05, 4.69) is 108 Å². The van der Waals surface area contributed by atoms with E-state index in [4.69, 9.17) is 15.0 Å². The first kappa shape index (κ1) is 23.5. The number of allylic oxidation sites excluding steroid dienone is 4. The van der Waals surface area contributed by atoms with Crippen LogP contribution in [0.25, 0.3) is 66.6 Å². The van der Waals surface area contributed by atoms with E-state index in [1.165, 1.54) is 32.6 Å². The monoisotopic (exact) mass is 526 g/mol. The molecule has 2 heterocycles. The van der Waals surface area contributed by atoms with Crippen molar-refractivity contribution >= 4 is 38.2 Å². The molecule has 0 fully saturated rings. The van der Waals surface area contributed by atoms with Gasteiger partial charge in [0.05, 0.1) is 11.0 Å². The Morgan fingerprint density at radius 1 is 0.512 bits per heavy atom. The van der Waals surface area contributed by atoms with Gasteiger partial charge >= 0.3 is 0 Å². The Kier molecular flexibility index (Phi) is 5.56. The minimum absolute atomic E-state index is 0.675. The van der Waals surface area contributed by atoms with Crippen molar-refractivity contribution in [3.8, 4) is 28.5 Å². The third-order valence-corrected chi connectivity index (χ3v) is 7.84. The molecule has 4 nitrogen and oxygen atoms in total. The molecule has 1 aliphatic carbocycles. The molecule has 7 aromatic rings. The van der Waals surface area contributed by atoms with E-state index < -0.39 is 0 Å². The van der Waals surface area contributed by atoms with Gasteiger partial charge in [-0.3, -0.25) is 0 Å². The van der Waals surface area contributed by atoms with Crippen LogP contribution in [-0.4, -0.2) is 19.5 Å². The fourth-order valence-electron chi connectivity index (χ4n) is 5.82. The molecule has 0 saturated carbocycles. The smallest absolute Gasteiger partial charge is 0.164 e. The van der Waals surface area contributed by atoms with Gasteiger partial charge in [-0.2, -0.15) is 0 Å². The Labute approximate surface area is 238 Å². The highest BCUT2D eigenvalue weighted by molar-refractivity contribution is 6.13. The van der Waals surface area contributed by atoms with Crippen molar-refractivity contribution < 1.29 is 0 Å². The lowest BCUT2D eigenvalue weighted by molar-refractivity contribution is 1.01. The highest BCUT2D eigenvalue weighted by atomic mass is 15.0. The first-order valence-electron chi connectivity index (χ1n) is 14.0. The highest BCUT2D eigenvalue weighted by Crippen LogP contribution is 2.35. The number of benzene rings is 5. The molecule has 0 spiro atoms. The van der Waals surface area contributed by atoms with Crippen LogP contribution in [0.4, 0.5) is 0 Å². The summed E-state index contributed by atoms with van der Waals surface area (Å²) < 4.78 is 2.35. The van der Waals surface area contributed by atoms with Crippen LogP contribution >= 0.6 is 0 Å². The zero-order valence-corrected chi connectivity index (χ0v) is 22.4. The molecule has 0 radical (unpaired) electrons. The fraction of sp³-hybridized carbons (Fsp3) is 0.0541. The van der Waals surface area contributed by atoms with Gasteiger partial charge in [-0.05, 0) is 66.1 Å². The fourth-order valence-corrected chi connectivity index (χ4v) is 5.82. The summed E-state index contributed by atoms with van der Waals surface area (Å²) in [6, 6.07) is 40.5. The van der Waals surface area contributed by atoms with E-state index in [0.29, 0.717) is 17.5 Å². The van der Waals surface area contributed by atoms with Crippen LogP contribution in [0, 0.1) is 0 Å². The van der Waals surface area contributed by atoms with Gasteiger partial charge in [0, 0.05) is 33.2 Å². The van der Waals surface area contributed by atoms with Gasteiger partial charge < -0.3 is 4.57 Å². The lowest BCUT2D eigenvalue weighted by Gasteiger charge is -2.12. The topological polar surface area (TPSA) is 43.6 Å². The SMILES string of the molecule is C1=CC(c2nc(-c3ccccc3)nc(-c3ccc(-n4c5ccccc5c5cc6ccccc6cc54)cc3)n2)=CCC1. The number of hydrogen-bond donors (Lipinski definition) is 0. The Morgan fingerprint density at radius 3 is 1.93 bits per heavy atom. The molecule has 1 aliphatic rings. The van der Waals surface area contributed by atoms with Gasteiger partial charge in [0.25, 0.3) is 0 Å². The molecule has 0 N–H and O–H groups in total. The summed E-state index contributed by atoms with van der Waals surface area (Å²) in [5, 5.41) is 4.99. The van der Waals surface area contributed by atoms with Gasteiger partial charge in [0.15, 0.2) is 17.5 Å². The summed E-state index contributed by atoms with van der Waals surface area (Å²) in [6.45, 7) is 0. The van der Waals surface area contributed by atoms with Crippen LogP contribution in [0.2, 0.25) is 0 Å². The number of hydrogen-bond acceptors (Lipinski definition) is 3. The molecular formula is C37H26N4. The Morgan fingerprint density at radius 2 is 1.17 bits per heavy atom. The molecule has 4 heteroatoms. The normalized spacial score (nSPS) is 13.2. The summed E-state index contributed by atoms with van der Waals surface area (Å²) in [6.07, 6.45) is 8.56.